The number of carbonyl (C=O) groups is 2. The Balaban J connectivity index is 1.53. The third kappa shape index (κ3) is 5.79. The lowest BCUT2D eigenvalue weighted by Crippen LogP contribution is -2.38. The number of nitriles is 1. The number of amides is 2. The van der Waals surface area contributed by atoms with Crippen LogP contribution in [0.2, 0.25) is 0 Å². The van der Waals surface area contributed by atoms with Gasteiger partial charge in [0, 0.05) is 36.8 Å². The van der Waals surface area contributed by atoms with E-state index in [-0.39, 0.29) is 17.8 Å². The van der Waals surface area contributed by atoms with Crippen LogP contribution in [0.5, 0.6) is 0 Å². The van der Waals surface area contributed by atoms with Crippen LogP contribution in [-0.2, 0) is 11.3 Å². The molecular formula is C26H28N6O3. The van der Waals surface area contributed by atoms with Crippen LogP contribution in [-0.4, -0.2) is 42.3 Å². The highest BCUT2D eigenvalue weighted by atomic mass is 16.3. The van der Waals surface area contributed by atoms with Gasteiger partial charge in [-0.25, -0.2) is 4.99 Å². The Labute approximate surface area is 203 Å². The van der Waals surface area contributed by atoms with E-state index in [2.05, 4.69) is 20.9 Å². The summed E-state index contributed by atoms with van der Waals surface area (Å²) in [5.41, 5.74) is 2.93. The second-order valence-corrected chi connectivity index (χ2v) is 8.50. The zero-order valence-electron chi connectivity index (χ0n) is 19.8. The molecule has 1 aromatic heterocycles. The van der Waals surface area contributed by atoms with Gasteiger partial charge >= 0.3 is 0 Å². The summed E-state index contributed by atoms with van der Waals surface area (Å²) in [4.78, 5) is 31.7. The van der Waals surface area contributed by atoms with Crippen LogP contribution in [0.1, 0.15) is 40.9 Å². The molecule has 1 saturated heterocycles. The molecule has 0 saturated carbocycles. The van der Waals surface area contributed by atoms with Crippen LogP contribution in [0.15, 0.2) is 57.9 Å². The van der Waals surface area contributed by atoms with Crippen molar-refractivity contribution in [2.24, 2.45) is 4.99 Å². The second-order valence-electron chi connectivity index (χ2n) is 8.50. The van der Waals surface area contributed by atoms with Crippen molar-refractivity contribution in [3.63, 3.8) is 0 Å². The van der Waals surface area contributed by atoms with Crippen molar-refractivity contribution in [2.45, 2.75) is 38.8 Å². The SMILES string of the molecule is CNC(=O)c1cccc(CN2CCCC[C@H](N=C(NC#N)Nc3ccc4oc(C)cc4c3)C2=O)c1. The van der Waals surface area contributed by atoms with Crippen molar-refractivity contribution in [2.75, 3.05) is 18.9 Å². The number of guanidine groups is 1. The van der Waals surface area contributed by atoms with Crippen molar-refractivity contribution >= 4 is 34.4 Å². The fourth-order valence-electron chi connectivity index (χ4n) is 4.23. The zero-order valence-corrected chi connectivity index (χ0v) is 19.8. The maximum absolute atomic E-state index is 13.4. The van der Waals surface area contributed by atoms with Gasteiger partial charge in [0.1, 0.15) is 17.4 Å². The number of aliphatic imine (C=N–C) groups is 1. The number of nitrogens with one attached hydrogen (secondary N) is 3. The van der Waals surface area contributed by atoms with E-state index in [0.29, 0.717) is 25.1 Å². The number of nitrogens with zero attached hydrogens (tertiary/aromatic N) is 3. The predicted octanol–water partition coefficient (Wildman–Crippen LogP) is 3.52. The minimum absolute atomic E-state index is 0.104. The number of aryl methyl sites for hydroxylation is 1. The van der Waals surface area contributed by atoms with Gasteiger partial charge in [0.2, 0.25) is 11.9 Å². The quantitative estimate of drug-likeness (QED) is 0.226. The van der Waals surface area contributed by atoms with Gasteiger partial charge in [-0.15, -0.1) is 0 Å². The number of anilines is 1. The van der Waals surface area contributed by atoms with Gasteiger partial charge in [-0.1, -0.05) is 12.1 Å². The van der Waals surface area contributed by atoms with Gasteiger partial charge < -0.3 is 20.0 Å². The summed E-state index contributed by atoms with van der Waals surface area (Å²) in [6.07, 6.45) is 4.19. The molecule has 0 bridgehead atoms. The highest BCUT2D eigenvalue weighted by Gasteiger charge is 2.27. The summed E-state index contributed by atoms with van der Waals surface area (Å²) in [6, 6.07) is 14.2. The summed E-state index contributed by atoms with van der Waals surface area (Å²) >= 11 is 0. The number of hydrogen-bond acceptors (Lipinski definition) is 5. The minimum Gasteiger partial charge on any atom is -0.461 e. The van der Waals surface area contributed by atoms with Crippen LogP contribution in [0.25, 0.3) is 11.0 Å². The summed E-state index contributed by atoms with van der Waals surface area (Å²) < 4.78 is 5.61. The molecule has 2 aromatic carbocycles. The van der Waals surface area contributed by atoms with E-state index in [1.54, 1.807) is 24.1 Å². The number of fused-ring (bicyclic) bond motifs is 1. The average molecular weight is 473 g/mol. The predicted molar refractivity (Wildman–Crippen MR) is 134 cm³/mol. The summed E-state index contributed by atoms with van der Waals surface area (Å²) in [6.45, 7) is 2.89. The van der Waals surface area contributed by atoms with Crippen LogP contribution < -0.4 is 16.0 Å². The van der Waals surface area contributed by atoms with Crippen molar-refractivity contribution in [1.82, 2.24) is 15.5 Å². The number of likely N-dealkylation sites (tertiary alicyclic amines) is 1. The van der Waals surface area contributed by atoms with Gasteiger partial charge in [-0.3, -0.25) is 14.9 Å². The highest BCUT2D eigenvalue weighted by Crippen LogP contribution is 2.23. The van der Waals surface area contributed by atoms with E-state index in [4.69, 9.17) is 4.42 Å². The Bertz CT molecular complexity index is 1310. The van der Waals surface area contributed by atoms with Crippen molar-refractivity contribution in [1.29, 1.82) is 5.26 Å². The Hall–Kier alpha value is -4.32. The summed E-state index contributed by atoms with van der Waals surface area (Å²) in [5.74, 6) is 0.756. The molecule has 35 heavy (non-hydrogen) atoms. The van der Waals surface area contributed by atoms with Crippen LogP contribution in [0.3, 0.4) is 0 Å². The molecule has 3 aromatic rings. The second kappa shape index (κ2) is 10.7. The van der Waals surface area contributed by atoms with E-state index in [1.165, 1.54) is 0 Å². The molecule has 1 fully saturated rings. The Morgan fingerprint density at radius 2 is 2.09 bits per heavy atom. The van der Waals surface area contributed by atoms with Crippen molar-refractivity contribution in [3.05, 3.63) is 65.4 Å². The van der Waals surface area contributed by atoms with Crippen molar-refractivity contribution < 1.29 is 14.0 Å². The largest absolute Gasteiger partial charge is 0.461 e. The monoisotopic (exact) mass is 472 g/mol. The van der Waals surface area contributed by atoms with Crippen LogP contribution >= 0.6 is 0 Å². The first-order valence-corrected chi connectivity index (χ1v) is 11.6. The summed E-state index contributed by atoms with van der Waals surface area (Å²) in [7, 11) is 1.59. The van der Waals surface area contributed by atoms with Gasteiger partial charge in [-0.05, 0) is 68.1 Å². The van der Waals surface area contributed by atoms with Gasteiger partial charge in [0.25, 0.3) is 5.91 Å². The first kappa shape index (κ1) is 23.8. The lowest BCUT2D eigenvalue weighted by molar-refractivity contribution is -0.132. The molecule has 0 spiro atoms. The maximum Gasteiger partial charge on any atom is 0.251 e. The molecule has 180 valence electrons. The number of rotatable bonds is 5. The van der Waals surface area contributed by atoms with Crippen LogP contribution in [0.4, 0.5) is 5.69 Å². The summed E-state index contributed by atoms with van der Waals surface area (Å²) in [5, 5.41) is 18.5. The normalized spacial score (nSPS) is 16.5. The first-order chi connectivity index (χ1) is 17.0. The lowest BCUT2D eigenvalue weighted by Gasteiger charge is -2.23. The fourth-order valence-corrected chi connectivity index (χ4v) is 4.23. The van der Waals surface area contributed by atoms with Gasteiger partial charge in [0.15, 0.2) is 6.19 Å². The molecule has 0 radical (unpaired) electrons. The highest BCUT2D eigenvalue weighted by molar-refractivity contribution is 5.98. The topological polar surface area (TPSA) is 123 Å². The third-order valence-electron chi connectivity index (χ3n) is 5.90. The van der Waals surface area contributed by atoms with Crippen LogP contribution in [0, 0.1) is 18.4 Å². The zero-order chi connectivity index (χ0) is 24.8. The molecular weight excluding hydrogens is 444 g/mol. The number of hydrogen-bond donors (Lipinski definition) is 3. The number of furan rings is 1. The lowest BCUT2D eigenvalue weighted by atomic mass is 10.1. The molecule has 2 heterocycles. The molecule has 1 aliphatic heterocycles. The maximum atomic E-state index is 13.4. The number of benzene rings is 2. The molecule has 4 rings (SSSR count). The van der Waals surface area contributed by atoms with E-state index in [1.807, 2.05) is 49.5 Å². The molecule has 3 N–H and O–H groups in total. The molecule has 0 unspecified atom stereocenters. The number of carbonyl (C=O) groups excluding carboxylic acids is 2. The Kier molecular flexibility index (Phi) is 7.31. The minimum atomic E-state index is -0.622. The Morgan fingerprint density at radius 3 is 2.89 bits per heavy atom. The first-order valence-electron chi connectivity index (χ1n) is 11.6. The molecule has 2 amide bonds. The molecule has 9 heteroatoms. The molecule has 0 aliphatic carbocycles. The van der Waals surface area contributed by atoms with Gasteiger partial charge in [0.05, 0.1) is 0 Å². The smallest absolute Gasteiger partial charge is 0.251 e. The molecule has 9 nitrogen and oxygen atoms in total. The standard InChI is InChI=1S/C26H28N6O3/c1-17-12-20-14-21(9-10-23(20)35-17)30-26(29-16-27)31-22-8-3-4-11-32(25(22)34)15-18-6-5-7-19(13-18)24(33)28-2/h5-7,9-10,12-14,22H,3-4,8,11,15H2,1-2H3,(H,28,33)(H2,29,30,31)/t22-/m0/s1. The van der Waals surface area contributed by atoms with E-state index >= 15 is 0 Å². The third-order valence-corrected chi connectivity index (χ3v) is 5.90. The molecule has 1 atom stereocenters. The van der Waals surface area contributed by atoms with E-state index in [9.17, 15) is 14.9 Å². The van der Waals surface area contributed by atoms with E-state index < -0.39 is 6.04 Å². The van der Waals surface area contributed by atoms with E-state index in [0.717, 1.165) is 40.8 Å². The average Bonchev–Trinajstić information content (AvgIpc) is 3.15. The fraction of sp³-hybridized carbons (Fsp3) is 0.308. The van der Waals surface area contributed by atoms with Crippen molar-refractivity contribution in [3.8, 4) is 6.19 Å². The molecule has 1 aliphatic rings. The van der Waals surface area contributed by atoms with Gasteiger partial charge in [-0.2, -0.15) is 5.26 Å². The Morgan fingerprint density at radius 1 is 1.23 bits per heavy atom.